The molecule has 0 unspecified atom stereocenters. The normalized spacial score (nSPS) is 10.8. The molecule has 0 aliphatic carbocycles. The summed E-state index contributed by atoms with van der Waals surface area (Å²) < 4.78 is 2.35. The fourth-order valence-corrected chi connectivity index (χ4v) is 3.80. The van der Waals surface area contributed by atoms with Crippen LogP contribution < -0.4 is 0 Å². The second kappa shape index (κ2) is 5.08. The van der Waals surface area contributed by atoms with Gasteiger partial charge in [-0.25, -0.2) is 9.97 Å². The molecule has 0 N–H and O–H groups in total. The summed E-state index contributed by atoms with van der Waals surface area (Å²) in [5, 5.41) is 1.07. The van der Waals surface area contributed by atoms with Crippen LogP contribution in [0.5, 0.6) is 0 Å². The van der Waals surface area contributed by atoms with E-state index in [0.29, 0.717) is 0 Å². The first-order valence-electron chi connectivity index (χ1n) is 5.42. The minimum atomic E-state index is 0.795. The second-order valence-electron chi connectivity index (χ2n) is 3.85. The van der Waals surface area contributed by atoms with E-state index >= 15 is 0 Å². The first kappa shape index (κ1) is 12.3. The number of hydrogen-bond acceptors (Lipinski definition) is 2. The van der Waals surface area contributed by atoms with E-state index in [-0.39, 0.29) is 0 Å². The molecule has 0 spiro atoms. The van der Waals surface area contributed by atoms with E-state index in [0.717, 1.165) is 22.3 Å². The minimum Gasteiger partial charge on any atom is -0.236 e. The van der Waals surface area contributed by atoms with Gasteiger partial charge in [-0.15, -0.1) is 0 Å². The van der Waals surface area contributed by atoms with Crippen LogP contribution in [0.15, 0.2) is 48.7 Å². The fourth-order valence-electron chi connectivity index (χ4n) is 1.80. The molecule has 0 fully saturated rings. The van der Waals surface area contributed by atoms with Crippen molar-refractivity contribution in [3.05, 3.63) is 55.8 Å². The summed E-state index contributed by atoms with van der Waals surface area (Å²) in [5.41, 5.74) is 2.10. The van der Waals surface area contributed by atoms with Crippen molar-refractivity contribution in [2.75, 3.05) is 0 Å². The third-order valence-corrected chi connectivity index (χ3v) is 4.47. The summed E-state index contributed by atoms with van der Waals surface area (Å²) in [4.78, 5) is 9.12. The quantitative estimate of drug-likeness (QED) is 0.502. The van der Waals surface area contributed by atoms with E-state index in [2.05, 4.69) is 67.3 Å². The van der Waals surface area contributed by atoms with E-state index in [1.54, 1.807) is 0 Å². The molecule has 0 aliphatic rings. The molecule has 0 saturated carbocycles. The molecule has 1 aromatic heterocycles. The molecule has 1 heterocycles. The number of halogens is 2. The Morgan fingerprint density at radius 2 is 1.56 bits per heavy atom. The molecule has 4 heteroatoms. The van der Waals surface area contributed by atoms with E-state index in [9.17, 15) is 0 Å². The highest BCUT2D eigenvalue weighted by Crippen LogP contribution is 2.28. The lowest BCUT2D eigenvalue weighted by atomic mass is 10.2. The zero-order chi connectivity index (χ0) is 12.5. The van der Waals surface area contributed by atoms with Crippen molar-refractivity contribution in [1.29, 1.82) is 0 Å². The van der Waals surface area contributed by atoms with Crippen LogP contribution in [-0.4, -0.2) is 9.97 Å². The SMILES string of the molecule is Ic1cccc(I)c1-c1ncc2ccccc2n1. The average Bonchev–Trinajstić information content (AvgIpc) is 2.38. The summed E-state index contributed by atoms with van der Waals surface area (Å²) in [6, 6.07) is 14.3. The molecule has 88 valence electrons. The Hall–Kier alpha value is -0.760. The first-order chi connectivity index (χ1) is 8.75. The average molecular weight is 458 g/mol. The fraction of sp³-hybridized carbons (Fsp3) is 0. The highest BCUT2D eigenvalue weighted by atomic mass is 127. The van der Waals surface area contributed by atoms with Crippen molar-refractivity contribution in [3.63, 3.8) is 0 Å². The van der Waals surface area contributed by atoms with Crippen LogP contribution in [0.3, 0.4) is 0 Å². The van der Waals surface area contributed by atoms with Gasteiger partial charge in [0.25, 0.3) is 0 Å². The van der Waals surface area contributed by atoms with Crippen LogP contribution in [0.4, 0.5) is 0 Å². The van der Waals surface area contributed by atoms with Crippen molar-refractivity contribution in [2.45, 2.75) is 0 Å². The summed E-state index contributed by atoms with van der Waals surface area (Å²) in [6.45, 7) is 0. The van der Waals surface area contributed by atoms with Gasteiger partial charge in [0.1, 0.15) is 0 Å². The largest absolute Gasteiger partial charge is 0.236 e. The lowest BCUT2D eigenvalue weighted by Crippen LogP contribution is -1.94. The maximum absolute atomic E-state index is 4.65. The molecule has 18 heavy (non-hydrogen) atoms. The van der Waals surface area contributed by atoms with Gasteiger partial charge in [-0.1, -0.05) is 24.3 Å². The molecule has 0 bridgehead atoms. The Labute approximate surface area is 132 Å². The van der Waals surface area contributed by atoms with Crippen LogP contribution in [0.2, 0.25) is 0 Å². The smallest absolute Gasteiger partial charge is 0.161 e. The summed E-state index contributed by atoms with van der Waals surface area (Å²) in [5.74, 6) is 0.795. The van der Waals surface area contributed by atoms with Gasteiger partial charge >= 0.3 is 0 Å². The molecule has 3 rings (SSSR count). The Morgan fingerprint density at radius 1 is 0.833 bits per heavy atom. The van der Waals surface area contributed by atoms with Crippen molar-refractivity contribution < 1.29 is 0 Å². The Kier molecular flexibility index (Phi) is 3.47. The number of fused-ring (bicyclic) bond motifs is 1. The van der Waals surface area contributed by atoms with Crippen molar-refractivity contribution in [2.24, 2.45) is 0 Å². The van der Waals surface area contributed by atoms with Gasteiger partial charge in [0.05, 0.1) is 5.52 Å². The van der Waals surface area contributed by atoms with E-state index in [1.165, 1.54) is 7.14 Å². The predicted octanol–water partition coefficient (Wildman–Crippen LogP) is 4.51. The lowest BCUT2D eigenvalue weighted by Gasteiger charge is -2.06. The molecular weight excluding hydrogens is 450 g/mol. The van der Waals surface area contributed by atoms with Crippen LogP contribution >= 0.6 is 45.2 Å². The summed E-state index contributed by atoms with van der Waals surface area (Å²) >= 11 is 4.66. The molecule has 0 saturated heterocycles. The molecule has 3 aromatic rings. The number of para-hydroxylation sites is 1. The van der Waals surface area contributed by atoms with E-state index in [4.69, 9.17) is 0 Å². The van der Waals surface area contributed by atoms with Crippen molar-refractivity contribution >= 4 is 56.1 Å². The van der Waals surface area contributed by atoms with Gasteiger partial charge in [0.2, 0.25) is 0 Å². The van der Waals surface area contributed by atoms with Crippen LogP contribution in [0, 0.1) is 7.14 Å². The third kappa shape index (κ3) is 2.23. The molecule has 0 aliphatic heterocycles. The molecule has 2 aromatic carbocycles. The van der Waals surface area contributed by atoms with E-state index < -0.39 is 0 Å². The van der Waals surface area contributed by atoms with Gasteiger partial charge in [0.15, 0.2) is 5.82 Å². The van der Waals surface area contributed by atoms with Gasteiger partial charge in [0, 0.05) is 24.3 Å². The Morgan fingerprint density at radius 3 is 2.33 bits per heavy atom. The van der Waals surface area contributed by atoms with Gasteiger partial charge in [-0.05, 0) is 63.4 Å². The highest BCUT2D eigenvalue weighted by Gasteiger charge is 2.10. The Bertz CT molecular complexity index is 706. The van der Waals surface area contributed by atoms with Gasteiger partial charge in [-0.3, -0.25) is 0 Å². The van der Waals surface area contributed by atoms with Gasteiger partial charge < -0.3 is 0 Å². The van der Waals surface area contributed by atoms with Crippen LogP contribution in [0.25, 0.3) is 22.3 Å². The lowest BCUT2D eigenvalue weighted by molar-refractivity contribution is 1.22. The van der Waals surface area contributed by atoms with Crippen molar-refractivity contribution in [3.8, 4) is 11.4 Å². The van der Waals surface area contributed by atoms with Crippen LogP contribution in [-0.2, 0) is 0 Å². The number of nitrogens with zero attached hydrogens (tertiary/aromatic N) is 2. The van der Waals surface area contributed by atoms with Gasteiger partial charge in [-0.2, -0.15) is 0 Å². The zero-order valence-electron chi connectivity index (χ0n) is 9.27. The van der Waals surface area contributed by atoms with Crippen LogP contribution in [0.1, 0.15) is 0 Å². The monoisotopic (exact) mass is 458 g/mol. The molecule has 2 nitrogen and oxygen atoms in total. The maximum Gasteiger partial charge on any atom is 0.161 e. The number of benzene rings is 2. The Balaban J connectivity index is 2.26. The zero-order valence-corrected chi connectivity index (χ0v) is 13.6. The molecule has 0 radical (unpaired) electrons. The topological polar surface area (TPSA) is 25.8 Å². The number of hydrogen-bond donors (Lipinski definition) is 0. The third-order valence-electron chi connectivity index (χ3n) is 2.68. The molecule has 0 atom stereocenters. The summed E-state index contributed by atoms with van der Waals surface area (Å²) in [7, 11) is 0. The molecule has 0 amide bonds. The maximum atomic E-state index is 4.65. The van der Waals surface area contributed by atoms with Crippen molar-refractivity contribution in [1.82, 2.24) is 9.97 Å². The predicted molar refractivity (Wildman–Crippen MR) is 90.4 cm³/mol. The first-order valence-corrected chi connectivity index (χ1v) is 7.57. The second-order valence-corrected chi connectivity index (χ2v) is 6.17. The highest BCUT2D eigenvalue weighted by molar-refractivity contribution is 14.1. The standard InChI is InChI=1S/C14H8I2N2/c15-10-5-3-6-11(16)13(10)14-17-8-9-4-1-2-7-12(9)18-14/h1-8H. The number of rotatable bonds is 1. The summed E-state index contributed by atoms with van der Waals surface area (Å²) in [6.07, 6.45) is 1.89. The van der Waals surface area contributed by atoms with E-state index in [1.807, 2.05) is 36.5 Å². The number of aromatic nitrogens is 2. The minimum absolute atomic E-state index is 0.795. The molecular formula is C14H8I2N2.